The molecule has 21 heavy (non-hydrogen) atoms. The molecule has 0 fully saturated rings. The van der Waals surface area contributed by atoms with Crippen LogP contribution in [-0.2, 0) is 11.2 Å². The fourth-order valence-corrected chi connectivity index (χ4v) is 2.48. The number of nitrogens with one attached hydrogen (secondary N) is 1. The van der Waals surface area contributed by atoms with Gasteiger partial charge in [-0.1, -0.05) is 0 Å². The summed E-state index contributed by atoms with van der Waals surface area (Å²) in [5.74, 6) is 1.51. The van der Waals surface area contributed by atoms with E-state index in [0.29, 0.717) is 12.4 Å². The molecule has 1 amide bonds. The van der Waals surface area contributed by atoms with E-state index in [0.717, 1.165) is 23.3 Å². The Morgan fingerprint density at radius 2 is 2.33 bits per heavy atom. The van der Waals surface area contributed by atoms with Crippen LogP contribution in [0.25, 0.3) is 0 Å². The Morgan fingerprint density at radius 1 is 1.57 bits per heavy atom. The quantitative estimate of drug-likeness (QED) is 0.864. The second-order valence-corrected chi connectivity index (χ2v) is 4.99. The van der Waals surface area contributed by atoms with Crippen molar-refractivity contribution in [3.05, 3.63) is 23.3 Å². The maximum atomic E-state index is 11.6. The van der Waals surface area contributed by atoms with Crippen LogP contribution in [0.5, 0.6) is 11.5 Å². The van der Waals surface area contributed by atoms with Crippen molar-refractivity contribution in [2.45, 2.75) is 32.4 Å². The zero-order valence-electron chi connectivity index (χ0n) is 12.6. The van der Waals surface area contributed by atoms with Gasteiger partial charge in [-0.25, -0.2) is 4.79 Å². The van der Waals surface area contributed by atoms with Gasteiger partial charge in [-0.15, -0.1) is 0 Å². The fraction of sp³-hybridized carbons (Fsp3) is 0.533. The first-order valence-corrected chi connectivity index (χ1v) is 7.09. The van der Waals surface area contributed by atoms with Gasteiger partial charge in [-0.3, -0.25) is 0 Å². The number of ether oxygens (including phenoxy) is 3. The van der Waals surface area contributed by atoms with E-state index in [1.54, 1.807) is 14.0 Å². The van der Waals surface area contributed by atoms with Gasteiger partial charge in [-0.2, -0.15) is 0 Å². The summed E-state index contributed by atoms with van der Waals surface area (Å²) in [5, 5.41) is 2.74. The van der Waals surface area contributed by atoms with Crippen LogP contribution in [0.3, 0.4) is 0 Å². The van der Waals surface area contributed by atoms with Crippen LogP contribution in [0, 0.1) is 0 Å². The van der Waals surface area contributed by atoms with Crippen molar-refractivity contribution in [2.75, 3.05) is 20.3 Å². The number of rotatable bonds is 5. The van der Waals surface area contributed by atoms with Gasteiger partial charge in [0.1, 0.15) is 17.6 Å². The molecule has 2 atom stereocenters. The Labute approximate surface area is 124 Å². The van der Waals surface area contributed by atoms with Crippen molar-refractivity contribution < 1.29 is 19.0 Å². The molecule has 2 unspecified atom stereocenters. The van der Waals surface area contributed by atoms with Crippen LogP contribution >= 0.6 is 0 Å². The Kier molecular flexibility index (Phi) is 4.90. The lowest BCUT2D eigenvalue weighted by Gasteiger charge is -2.20. The summed E-state index contributed by atoms with van der Waals surface area (Å²) >= 11 is 0. The van der Waals surface area contributed by atoms with Crippen molar-refractivity contribution in [1.29, 1.82) is 0 Å². The minimum absolute atomic E-state index is 0.147. The van der Waals surface area contributed by atoms with Crippen LogP contribution in [0.2, 0.25) is 0 Å². The van der Waals surface area contributed by atoms with Gasteiger partial charge in [0.2, 0.25) is 0 Å². The van der Waals surface area contributed by atoms with Gasteiger partial charge in [-0.05, 0) is 26.0 Å². The number of hydrogen-bond donors (Lipinski definition) is 2. The number of nitrogens with two attached hydrogens (primary N) is 1. The SMILES string of the molecule is CCOC(=O)NC(CN)c1cc2c(cc1OC)CC(C)O2. The van der Waals surface area contributed by atoms with E-state index >= 15 is 0 Å². The Bertz CT molecular complexity index is 519. The highest BCUT2D eigenvalue weighted by Gasteiger charge is 2.25. The lowest BCUT2D eigenvalue weighted by molar-refractivity contribution is 0.148. The lowest BCUT2D eigenvalue weighted by atomic mass is 10.0. The molecule has 0 spiro atoms. The lowest BCUT2D eigenvalue weighted by Crippen LogP contribution is -2.34. The molecule has 0 saturated carbocycles. The van der Waals surface area contributed by atoms with E-state index in [1.165, 1.54) is 0 Å². The number of fused-ring (bicyclic) bond motifs is 1. The maximum Gasteiger partial charge on any atom is 0.407 e. The van der Waals surface area contributed by atoms with Crippen LogP contribution in [-0.4, -0.2) is 32.5 Å². The molecule has 0 aromatic heterocycles. The molecule has 6 nitrogen and oxygen atoms in total. The molecule has 0 radical (unpaired) electrons. The molecular weight excluding hydrogens is 272 g/mol. The molecule has 1 heterocycles. The van der Waals surface area contributed by atoms with E-state index in [4.69, 9.17) is 19.9 Å². The zero-order chi connectivity index (χ0) is 15.4. The van der Waals surface area contributed by atoms with E-state index in [2.05, 4.69) is 5.32 Å². The summed E-state index contributed by atoms with van der Waals surface area (Å²) in [7, 11) is 1.60. The molecule has 0 aliphatic carbocycles. The Morgan fingerprint density at radius 3 is 2.95 bits per heavy atom. The summed E-state index contributed by atoms with van der Waals surface area (Å²) in [6, 6.07) is 3.45. The minimum Gasteiger partial charge on any atom is -0.496 e. The standard InChI is InChI=1S/C15H22N2O4/c1-4-20-15(18)17-12(8-16)11-7-13-10(5-9(2)21-13)6-14(11)19-3/h6-7,9,12H,4-5,8,16H2,1-3H3,(H,17,18). The number of methoxy groups -OCH3 is 1. The average Bonchev–Trinajstić information content (AvgIpc) is 2.82. The average molecular weight is 294 g/mol. The van der Waals surface area contributed by atoms with E-state index in [9.17, 15) is 4.79 Å². The summed E-state index contributed by atoms with van der Waals surface area (Å²) in [6.07, 6.45) is 0.504. The Balaban J connectivity index is 2.28. The van der Waals surface area contributed by atoms with Crippen LogP contribution in [0.15, 0.2) is 12.1 Å². The first kappa shape index (κ1) is 15.4. The van der Waals surface area contributed by atoms with Crippen LogP contribution < -0.4 is 20.5 Å². The van der Waals surface area contributed by atoms with Crippen molar-refractivity contribution in [3.63, 3.8) is 0 Å². The third-order valence-corrected chi connectivity index (χ3v) is 3.43. The molecule has 3 N–H and O–H groups in total. The van der Waals surface area contributed by atoms with Gasteiger partial charge in [0.25, 0.3) is 0 Å². The predicted molar refractivity (Wildman–Crippen MR) is 78.7 cm³/mol. The second kappa shape index (κ2) is 6.67. The molecule has 6 heteroatoms. The summed E-state index contributed by atoms with van der Waals surface area (Å²) < 4.78 is 16.1. The maximum absolute atomic E-state index is 11.6. The van der Waals surface area contributed by atoms with Gasteiger partial charge >= 0.3 is 6.09 Å². The smallest absolute Gasteiger partial charge is 0.407 e. The Hall–Kier alpha value is -1.95. The molecule has 116 valence electrons. The number of alkyl carbamates (subject to hydrolysis) is 1. The molecule has 0 bridgehead atoms. The second-order valence-electron chi connectivity index (χ2n) is 4.99. The third kappa shape index (κ3) is 3.39. The van der Waals surface area contributed by atoms with E-state index < -0.39 is 6.09 Å². The number of hydrogen-bond acceptors (Lipinski definition) is 5. The van der Waals surface area contributed by atoms with Gasteiger partial charge < -0.3 is 25.3 Å². The molecular formula is C15H22N2O4. The van der Waals surface area contributed by atoms with E-state index in [-0.39, 0.29) is 18.7 Å². The van der Waals surface area contributed by atoms with Gasteiger partial charge in [0.05, 0.1) is 19.8 Å². The molecule has 1 aromatic rings. The highest BCUT2D eigenvalue weighted by atomic mass is 16.5. The zero-order valence-corrected chi connectivity index (χ0v) is 12.6. The topological polar surface area (TPSA) is 82.8 Å². The minimum atomic E-state index is -0.496. The predicted octanol–water partition coefficient (Wildman–Crippen LogP) is 1.76. The summed E-state index contributed by atoms with van der Waals surface area (Å²) in [5.41, 5.74) is 7.68. The monoisotopic (exact) mass is 294 g/mol. The number of benzene rings is 1. The highest BCUT2D eigenvalue weighted by Crippen LogP contribution is 2.37. The first-order valence-electron chi connectivity index (χ1n) is 7.09. The molecule has 1 aliphatic rings. The largest absolute Gasteiger partial charge is 0.496 e. The normalized spacial score (nSPS) is 17.6. The van der Waals surface area contributed by atoms with Crippen molar-refractivity contribution in [1.82, 2.24) is 5.32 Å². The highest BCUT2D eigenvalue weighted by molar-refractivity contribution is 5.68. The molecule has 2 rings (SSSR count). The summed E-state index contributed by atoms with van der Waals surface area (Å²) in [4.78, 5) is 11.6. The van der Waals surface area contributed by atoms with Gasteiger partial charge in [0, 0.05) is 24.1 Å². The number of amides is 1. The fourth-order valence-electron chi connectivity index (χ4n) is 2.48. The van der Waals surface area contributed by atoms with Gasteiger partial charge in [0.15, 0.2) is 0 Å². The number of carbonyl (C=O) groups is 1. The molecule has 1 aromatic carbocycles. The molecule has 0 saturated heterocycles. The molecule has 1 aliphatic heterocycles. The summed E-state index contributed by atoms with van der Waals surface area (Å²) in [6.45, 7) is 4.32. The number of carbonyl (C=O) groups excluding carboxylic acids is 1. The van der Waals surface area contributed by atoms with Crippen LogP contribution in [0.4, 0.5) is 4.79 Å². The van der Waals surface area contributed by atoms with Crippen molar-refractivity contribution >= 4 is 6.09 Å². The first-order chi connectivity index (χ1) is 10.1. The van der Waals surface area contributed by atoms with Crippen molar-refractivity contribution in [3.8, 4) is 11.5 Å². The van der Waals surface area contributed by atoms with Crippen molar-refractivity contribution in [2.24, 2.45) is 5.73 Å². The van der Waals surface area contributed by atoms with E-state index in [1.807, 2.05) is 19.1 Å². The third-order valence-electron chi connectivity index (χ3n) is 3.43. The van der Waals surface area contributed by atoms with Crippen LogP contribution in [0.1, 0.15) is 31.0 Å².